The minimum Gasteiger partial charge on any atom is -0.453 e. The molecule has 0 amide bonds. The number of aryl methyl sites for hydroxylation is 2. The Labute approximate surface area is 159 Å². The van der Waals surface area contributed by atoms with Crippen LogP contribution in [0.2, 0.25) is 0 Å². The van der Waals surface area contributed by atoms with Crippen LogP contribution in [0.3, 0.4) is 0 Å². The predicted octanol–water partition coefficient (Wildman–Crippen LogP) is 2.65. The highest BCUT2D eigenvalue weighted by atomic mass is 32.2. The molecule has 0 unspecified atom stereocenters. The van der Waals surface area contributed by atoms with Gasteiger partial charge in [-0.05, 0) is 38.0 Å². The molecule has 1 N–H and O–H groups in total. The first-order chi connectivity index (χ1) is 12.7. The number of sulfonamides is 1. The van der Waals surface area contributed by atoms with Crippen LogP contribution in [0.1, 0.15) is 35.3 Å². The van der Waals surface area contributed by atoms with Gasteiger partial charge in [0, 0.05) is 5.56 Å². The molecule has 0 radical (unpaired) electrons. The van der Waals surface area contributed by atoms with E-state index < -0.39 is 28.6 Å². The Morgan fingerprint density at radius 3 is 2.19 bits per heavy atom. The molecule has 144 valence electrons. The molecular weight excluding hydrogens is 366 g/mol. The van der Waals surface area contributed by atoms with E-state index in [0.717, 1.165) is 17.5 Å². The van der Waals surface area contributed by atoms with Gasteiger partial charge in [0.05, 0.1) is 4.90 Å². The number of hydrogen-bond acceptors (Lipinski definition) is 5. The van der Waals surface area contributed by atoms with Crippen molar-refractivity contribution in [1.82, 2.24) is 4.72 Å². The number of benzene rings is 2. The van der Waals surface area contributed by atoms with Crippen molar-refractivity contribution in [3.63, 3.8) is 0 Å². The van der Waals surface area contributed by atoms with E-state index in [9.17, 15) is 18.0 Å². The molecule has 0 aromatic heterocycles. The summed E-state index contributed by atoms with van der Waals surface area (Å²) in [6.45, 7) is 4.76. The van der Waals surface area contributed by atoms with Crippen LogP contribution in [0.4, 0.5) is 0 Å². The molecule has 0 aliphatic rings. The van der Waals surface area contributed by atoms with Crippen LogP contribution >= 0.6 is 0 Å². The van der Waals surface area contributed by atoms with Gasteiger partial charge in [0.1, 0.15) is 6.54 Å². The van der Waals surface area contributed by atoms with Crippen molar-refractivity contribution in [3.05, 3.63) is 65.2 Å². The summed E-state index contributed by atoms with van der Waals surface area (Å²) in [6.07, 6.45) is -0.144. The van der Waals surface area contributed by atoms with Crippen LogP contribution in [0.5, 0.6) is 0 Å². The first-order valence-electron chi connectivity index (χ1n) is 8.62. The number of carbonyl (C=O) groups is 2. The molecule has 2 aromatic rings. The maximum Gasteiger partial charge on any atom is 0.321 e. The van der Waals surface area contributed by atoms with Crippen LogP contribution < -0.4 is 4.72 Å². The molecule has 0 saturated carbocycles. The molecule has 0 bridgehead atoms. The van der Waals surface area contributed by atoms with Gasteiger partial charge in [-0.1, -0.05) is 48.9 Å². The Morgan fingerprint density at radius 2 is 1.63 bits per heavy atom. The number of Topliss-reactive ketones (excluding diaryl/α,β-unsaturated/α-hetero) is 1. The molecule has 0 aliphatic heterocycles. The van der Waals surface area contributed by atoms with Gasteiger partial charge < -0.3 is 4.74 Å². The Hall–Kier alpha value is -2.51. The van der Waals surface area contributed by atoms with Crippen molar-refractivity contribution >= 4 is 21.8 Å². The predicted molar refractivity (Wildman–Crippen MR) is 102 cm³/mol. The maximum absolute atomic E-state index is 12.3. The van der Waals surface area contributed by atoms with Crippen LogP contribution in [0.25, 0.3) is 0 Å². The Kier molecular flexibility index (Phi) is 6.87. The van der Waals surface area contributed by atoms with Crippen LogP contribution in [0.15, 0.2) is 53.4 Å². The first kappa shape index (κ1) is 20.8. The van der Waals surface area contributed by atoms with Gasteiger partial charge in [-0.3, -0.25) is 9.59 Å². The zero-order valence-electron chi connectivity index (χ0n) is 15.6. The standard InChI is InChI=1S/C20H23NO5S/c1-4-16-7-9-17(10-8-16)20(23)15(3)26-19(22)13-21-27(24,25)18-11-5-14(2)6-12-18/h5-12,15,21H,4,13H2,1-3H3/t15-/m1/s1. The summed E-state index contributed by atoms with van der Waals surface area (Å²) in [5.74, 6) is -1.16. The van der Waals surface area contributed by atoms with Crippen molar-refractivity contribution in [2.75, 3.05) is 6.54 Å². The second-order valence-corrected chi connectivity index (χ2v) is 7.95. The highest BCUT2D eigenvalue weighted by Gasteiger charge is 2.21. The largest absolute Gasteiger partial charge is 0.453 e. The Bertz CT molecular complexity index is 902. The summed E-state index contributed by atoms with van der Waals surface area (Å²) in [5, 5.41) is 0. The average molecular weight is 389 g/mol. The fourth-order valence-corrected chi connectivity index (χ4v) is 3.36. The van der Waals surface area contributed by atoms with Gasteiger partial charge in [0.25, 0.3) is 0 Å². The third-order valence-electron chi connectivity index (χ3n) is 4.06. The molecule has 0 heterocycles. The van der Waals surface area contributed by atoms with E-state index in [1.165, 1.54) is 19.1 Å². The van der Waals surface area contributed by atoms with E-state index in [1.54, 1.807) is 24.3 Å². The number of nitrogens with one attached hydrogen (secondary N) is 1. The summed E-state index contributed by atoms with van der Waals surface area (Å²) in [7, 11) is -3.82. The van der Waals surface area contributed by atoms with Gasteiger partial charge in [-0.15, -0.1) is 0 Å². The molecule has 0 aliphatic carbocycles. The van der Waals surface area contributed by atoms with Crippen molar-refractivity contribution in [2.24, 2.45) is 0 Å². The number of ketones is 1. The first-order valence-corrected chi connectivity index (χ1v) is 10.1. The maximum atomic E-state index is 12.3. The smallest absolute Gasteiger partial charge is 0.321 e. The van der Waals surface area contributed by atoms with E-state index in [4.69, 9.17) is 4.74 Å². The quantitative estimate of drug-likeness (QED) is 0.554. The summed E-state index contributed by atoms with van der Waals surface area (Å²) in [4.78, 5) is 24.3. The second kappa shape index (κ2) is 8.92. The summed E-state index contributed by atoms with van der Waals surface area (Å²) >= 11 is 0. The minimum absolute atomic E-state index is 0.0565. The Morgan fingerprint density at radius 1 is 1.04 bits per heavy atom. The topological polar surface area (TPSA) is 89.5 Å². The van der Waals surface area contributed by atoms with Gasteiger partial charge in [0.15, 0.2) is 6.10 Å². The van der Waals surface area contributed by atoms with Crippen molar-refractivity contribution in [3.8, 4) is 0 Å². The lowest BCUT2D eigenvalue weighted by Gasteiger charge is -2.13. The van der Waals surface area contributed by atoms with E-state index in [0.29, 0.717) is 5.56 Å². The fraction of sp³-hybridized carbons (Fsp3) is 0.300. The molecule has 1 atom stereocenters. The van der Waals surface area contributed by atoms with Crippen LogP contribution in [-0.4, -0.2) is 32.8 Å². The van der Waals surface area contributed by atoms with Crippen LogP contribution in [0, 0.1) is 6.92 Å². The van der Waals surface area contributed by atoms with Gasteiger partial charge in [-0.2, -0.15) is 4.72 Å². The minimum atomic E-state index is -3.82. The molecule has 2 rings (SSSR count). The number of esters is 1. The molecule has 7 heteroatoms. The van der Waals surface area contributed by atoms with Gasteiger partial charge in [0.2, 0.25) is 15.8 Å². The number of hydrogen-bond donors (Lipinski definition) is 1. The lowest BCUT2D eigenvalue weighted by atomic mass is 10.0. The average Bonchev–Trinajstić information content (AvgIpc) is 2.66. The third-order valence-corrected chi connectivity index (χ3v) is 5.48. The molecule has 0 spiro atoms. The molecule has 0 saturated heterocycles. The zero-order chi connectivity index (χ0) is 20.0. The van der Waals surface area contributed by atoms with E-state index in [1.807, 2.05) is 26.0 Å². The molecular formula is C20H23NO5S. The monoisotopic (exact) mass is 389 g/mol. The molecule has 0 fully saturated rings. The summed E-state index contributed by atoms with van der Waals surface area (Å²) in [6, 6.07) is 13.3. The number of rotatable bonds is 8. The normalized spacial score (nSPS) is 12.4. The summed E-state index contributed by atoms with van der Waals surface area (Å²) < 4.78 is 31.6. The van der Waals surface area contributed by atoms with E-state index >= 15 is 0 Å². The number of ether oxygens (including phenoxy) is 1. The lowest BCUT2D eigenvalue weighted by Crippen LogP contribution is -2.34. The fourth-order valence-electron chi connectivity index (χ4n) is 2.39. The highest BCUT2D eigenvalue weighted by Crippen LogP contribution is 2.11. The zero-order valence-corrected chi connectivity index (χ0v) is 16.4. The van der Waals surface area contributed by atoms with Crippen molar-refractivity contribution in [1.29, 1.82) is 0 Å². The summed E-state index contributed by atoms with van der Waals surface area (Å²) in [5.41, 5.74) is 2.46. The number of carbonyl (C=O) groups excluding carboxylic acids is 2. The Balaban J connectivity index is 1.92. The van der Waals surface area contributed by atoms with Crippen LogP contribution in [-0.2, 0) is 26.0 Å². The van der Waals surface area contributed by atoms with Gasteiger partial charge >= 0.3 is 5.97 Å². The SMILES string of the molecule is CCc1ccc(C(=O)[C@@H](C)OC(=O)CNS(=O)(=O)c2ccc(C)cc2)cc1. The lowest BCUT2D eigenvalue weighted by molar-refractivity contribution is -0.144. The van der Waals surface area contributed by atoms with Crippen molar-refractivity contribution in [2.45, 2.75) is 38.2 Å². The third kappa shape index (κ3) is 5.74. The van der Waals surface area contributed by atoms with Crippen molar-refractivity contribution < 1.29 is 22.7 Å². The second-order valence-electron chi connectivity index (χ2n) is 6.18. The van der Waals surface area contributed by atoms with E-state index in [2.05, 4.69) is 4.72 Å². The van der Waals surface area contributed by atoms with E-state index in [-0.39, 0.29) is 10.7 Å². The molecule has 6 nitrogen and oxygen atoms in total. The van der Waals surface area contributed by atoms with Gasteiger partial charge in [-0.25, -0.2) is 8.42 Å². The highest BCUT2D eigenvalue weighted by molar-refractivity contribution is 7.89. The molecule has 27 heavy (non-hydrogen) atoms. The molecule has 2 aromatic carbocycles.